The Bertz CT molecular complexity index is 251. The van der Waals surface area contributed by atoms with Gasteiger partial charge in [-0.1, -0.05) is 26.2 Å². The molecule has 0 rings (SSSR count). The normalized spacial score (nSPS) is 10.1. The molecular weight excluding hydrogens is 222 g/mol. The first-order chi connectivity index (χ1) is 6.77. The van der Waals surface area contributed by atoms with Crippen LogP contribution in [-0.2, 0) is 10.4 Å². The van der Waals surface area contributed by atoms with E-state index in [9.17, 15) is 0 Å². The van der Waals surface area contributed by atoms with Gasteiger partial charge in [-0.25, -0.2) is 0 Å². The molecule has 0 unspecified atom stereocenters. The first-order valence-corrected chi connectivity index (χ1v) is 5.92. The summed E-state index contributed by atoms with van der Waals surface area (Å²) in [6.07, 6.45) is 4.86. The fourth-order valence-corrected chi connectivity index (χ4v) is 0.747. The van der Waals surface area contributed by atoms with Crippen LogP contribution in [0.25, 0.3) is 0 Å². The number of nitrogens with zero attached hydrogens (tertiary/aromatic N) is 1. The Kier molecular flexibility index (Phi) is 10.7. The summed E-state index contributed by atoms with van der Waals surface area (Å²) in [6, 6.07) is 0. The van der Waals surface area contributed by atoms with Crippen LogP contribution in [0.3, 0.4) is 0 Å². The summed E-state index contributed by atoms with van der Waals surface area (Å²) in [4.78, 5) is 3.87. The topological polar surface area (TPSA) is 139 Å². The minimum absolute atomic E-state index is 0.205. The number of guanidine groups is 1. The van der Waals surface area contributed by atoms with Crippen molar-refractivity contribution in [1.82, 2.24) is 0 Å². The maximum atomic E-state index is 8.74. The summed E-state index contributed by atoms with van der Waals surface area (Å²) in [5, 5.41) is 0. The Balaban J connectivity index is 0. The van der Waals surface area contributed by atoms with E-state index in [4.69, 9.17) is 29.0 Å². The minimum Gasteiger partial charge on any atom is -0.370 e. The second-order valence-electron chi connectivity index (χ2n) is 2.82. The van der Waals surface area contributed by atoms with Crippen LogP contribution >= 0.6 is 0 Å². The minimum atomic E-state index is -4.67. The second kappa shape index (κ2) is 9.69. The molecule has 0 aromatic carbocycles. The van der Waals surface area contributed by atoms with Gasteiger partial charge in [0.25, 0.3) is 0 Å². The van der Waals surface area contributed by atoms with Gasteiger partial charge in [-0.3, -0.25) is 14.1 Å². The first-order valence-electron chi connectivity index (χ1n) is 4.52. The highest BCUT2D eigenvalue weighted by Crippen LogP contribution is 1.97. The van der Waals surface area contributed by atoms with Crippen molar-refractivity contribution in [1.29, 1.82) is 0 Å². The summed E-state index contributed by atoms with van der Waals surface area (Å²) in [6.45, 7) is 2.96. The highest BCUT2D eigenvalue weighted by Gasteiger charge is 1.85. The summed E-state index contributed by atoms with van der Waals surface area (Å²) in [5.74, 6) is 0.205. The molecule has 0 bridgehead atoms. The third kappa shape index (κ3) is 43.3. The zero-order chi connectivity index (χ0) is 12.3. The van der Waals surface area contributed by atoms with Crippen LogP contribution in [0.5, 0.6) is 0 Å². The molecule has 0 aromatic heterocycles. The van der Waals surface area contributed by atoms with Gasteiger partial charge in [0.1, 0.15) is 0 Å². The molecule has 0 aliphatic rings. The van der Waals surface area contributed by atoms with Gasteiger partial charge < -0.3 is 11.5 Å². The van der Waals surface area contributed by atoms with E-state index >= 15 is 0 Å². The molecule has 7 nitrogen and oxygen atoms in total. The van der Waals surface area contributed by atoms with Crippen molar-refractivity contribution in [3.8, 4) is 0 Å². The Morgan fingerprint density at radius 2 is 1.67 bits per heavy atom. The SMILES string of the molecule is CCCCCCN=C(N)N.O=S(=O)(O)O. The predicted octanol–water partition coefficient (Wildman–Crippen LogP) is 0.187. The monoisotopic (exact) mass is 241 g/mol. The molecular formula is C7H19N3O4S. The smallest absolute Gasteiger partial charge is 0.370 e. The van der Waals surface area contributed by atoms with E-state index in [2.05, 4.69) is 11.9 Å². The molecule has 0 saturated carbocycles. The van der Waals surface area contributed by atoms with Crippen molar-refractivity contribution < 1.29 is 17.5 Å². The van der Waals surface area contributed by atoms with Crippen molar-refractivity contribution in [2.45, 2.75) is 32.6 Å². The van der Waals surface area contributed by atoms with Crippen LogP contribution in [0.1, 0.15) is 32.6 Å². The van der Waals surface area contributed by atoms with Gasteiger partial charge in [0, 0.05) is 6.54 Å². The standard InChI is InChI=1S/C7H17N3.H2O4S/c1-2-3-4-5-6-10-7(8)9;1-5(2,3)4/h2-6H2,1H3,(H4,8,9,10);(H2,1,2,3,4). The molecule has 92 valence electrons. The fraction of sp³-hybridized carbons (Fsp3) is 0.857. The third-order valence-corrected chi connectivity index (χ3v) is 1.31. The summed E-state index contributed by atoms with van der Waals surface area (Å²) >= 11 is 0. The Morgan fingerprint density at radius 3 is 2.00 bits per heavy atom. The van der Waals surface area contributed by atoms with Crippen molar-refractivity contribution in [2.75, 3.05) is 6.54 Å². The van der Waals surface area contributed by atoms with E-state index in [1.165, 1.54) is 19.3 Å². The van der Waals surface area contributed by atoms with Crippen LogP contribution < -0.4 is 11.5 Å². The lowest BCUT2D eigenvalue weighted by molar-refractivity contribution is 0.381. The molecule has 6 N–H and O–H groups in total. The van der Waals surface area contributed by atoms with Crippen molar-refractivity contribution in [3.05, 3.63) is 0 Å². The first kappa shape index (κ1) is 16.6. The lowest BCUT2D eigenvalue weighted by Gasteiger charge is -1.94. The van der Waals surface area contributed by atoms with Gasteiger partial charge in [-0.2, -0.15) is 8.42 Å². The molecule has 0 spiro atoms. The highest BCUT2D eigenvalue weighted by molar-refractivity contribution is 7.79. The molecule has 0 aliphatic carbocycles. The maximum Gasteiger partial charge on any atom is 0.394 e. The number of aliphatic imine (C=N–C) groups is 1. The van der Waals surface area contributed by atoms with Crippen LogP contribution in [0.2, 0.25) is 0 Å². The van der Waals surface area contributed by atoms with Crippen LogP contribution in [0.4, 0.5) is 0 Å². The van der Waals surface area contributed by atoms with E-state index in [0.717, 1.165) is 13.0 Å². The molecule has 0 aliphatic heterocycles. The molecule has 15 heavy (non-hydrogen) atoms. The maximum absolute atomic E-state index is 8.74. The van der Waals surface area contributed by atoms with Gasteiger partial charge >= 0.3 is 10.4 Å². The van der Waals surface area contributed by atoms with Crippen LogP contribution in [-0.4, -0.2) is 30.0 Å². The van der Waals surface area contributed by atoms with Crippen molar-refractivity contribution in [2.24, 2.45) is 16.5 Å². The number of unbranched alkanes of at least 4 members (excludes halogenated alkanes) is 3. The van der Waals surface area contributed by atoms with Crippen LogP contribution in [0, 0.1) is 0 Å². The predicted molar refractivity (Wildman–Crippen MR) is 59.0 cm³/mol. The summed E-state index contributed by atoms with van der Waals surface area (Å²) < 4.78 is 31.6. The van der Waals surface area contributed by atoms with E-state index in [1.807, 2.05) is 0 Å². The largest absolute Gasteiger partial charge is 0.394 e. The zero-order valence-electron chi connectivity index (χ0n) is 8.76. The van der Waals surface area contributed by atoms with Gasteiger partial charge in [0.2, 0.25) is 0 Å². The van der Waals surface area contributed by atoms with Crippen molar-refractivity contribution in [3.63, 3.8) is 0 Å². The van der Waals surface area contributed by atoms with E-state index < -0.39 is 10.4 Å². The zero-order valence-corrected chi connectivity index (χ0v) is 9.57. The average Bonchev–Trinajstić information content (AvgIpc) is 2.00. The molecule has 0 amide bonds. The number of hydrogen-bond acceptors (Lipinski definition) is 3. The average molecular weight is 241 g/mol. The van der Waals surface area contributed by atoms with Gasteiger partial charge in [-0.15, -0.1) is 0 Å². The van der Waals surface area contributed by atoms with E-state index in [0.29, 0.717) is 0 Å². The number of hydrogen-bond donors (Lipinski definition) is 4. The number of nitrogens with two attached hydrogens (primary N) is 2. The number of rotatable bonds is 5. The molecule has 0 fully saturated rings. The molecule has 0 atom stereocenters. The Morgan fingerprint density at radius 1 is 1.20 bits per heavy atom. The quantitative estimate of drug-likeness (QED) is 0.234. The second-order valence-corrected chi connectivity index (χ2v) is 3.71. The molecule has 0 heterocycles. The van der Waals surface area contributed by atoms with E-state index in [-0.39, 0.29) is 5.96 Å². The van der Waals surface area contributed by atoms with Gasteiger partial charge in [0.05, 0.1) is 0 Å². The van der Waals surface area contributed by atoms with Crippen LogP contribution in [0.15, 0.2) is 4.99 Å². The van der Waals surface area contributed by atoms with E-state index in [1.54, 1.807) is 0 Å². The summed E-state index contributed by atoms with van der Waals surface area (Å²) in [7, 11) is -4.67. The molecule has 8 heteroatoms. The lowest BCUT2D eigenvalue weighted by Crippen LogP contribution is -2.22. The third-order valence-electron chi connectivity index (χ3n) is 1.31. The van der Waals surface area contributed by atoms with Gasteiger partial charge in [0.15, 0.2) is 5.96 Å². The Labute approximate surface area is 90.1 Å². The Hall–Kier alpha value is -0.860. The van der Waals surface area contributed by atoms with Crippen molar-refractivity contribution >= 4 is 16.4 Å². The summed E-state index contributed by atoms with van der Waals surface area (Å²) in [5.41, 5.74) is 10.3. The lowest BCUT2D eigenvalue weighted by atomic mass is 10.2. The molecule has 0 aromatic rings. The van der Waals surface area contributed by atoms with Gasteiger partial charge in [-0.05, 0) is 6.42 Å². The molecule has 0 radical (unpaired) electrons. The highest BCUT2D eigenvalue weighted by atomic mass is 32.3. The molecule has 0 saturated heterocycles. The fourth-order valence-electron chi connectivity index (χ4n) is 0.747.